The first-order valence-corrected chi connectivity index (χ1v) is 9.47. The van der Waals surface area contributed by atoms with E-state index < -0.39 is 6.04 Å². The summed E-state index contributed by atoms with van der Waals surface area (Å²) in [6.07, 6.45) is 1.53. The van der Waals surface area contributed by atoms with Crippen molar-refractivity contribution in [2.75, 3.05) is 5.32 Å². The lowest BCUT2D eigenvalue weighted by Crippen LogP contribution is -2.44. The van der Waals surface area contributed by atoms with Crippen LogP contribution < -0.4 is 16.0 Å². The van der Waals surface area contributed by atoms with Gasteiger partial charge in [-0.2, -0.15) is 0 Å². The van der Waals surface area contributed by atoms with Crippen LogP contribution in [0, 0.1) is 0 Å². The molecular weight excluding hydrogens is 378 g/mol. The Hall–Kier alpha value is -3.39. The van der Waals surface area contributed by atoms with E-state index in [4.69, 9.17) is 4.42 Å². The minimum absolute atomic E-state index is 0.200. The first kappa shape index (κ1) is 19.4. The molecule has 7 nitrogen and oxygen atoms in total. The fourth-order valence-corrected chi connectivity index (χ4v) is 3.01. The number of carbonyl (C=O) groups excluding carboxylic acids is 3. The molecule has 0 radical (unpaired) electrons. The summed E-state index contributed by atoms with van der Waals surface area (Å²) in [5.74, 6) is -0.262. The molecule has 3 rings (SSSR count). The number of thiophene rings is 1. The van der Waals surface area contributed by atoms with Crippen molar-refractivity contribution in [2.24, 2.45) is 0 Å². The molecule has 2 heterocycles. The number of carbonyl (C=O) groups is 3. The van der Waals surface area contributed by atoms with Gasteiger partial charge in [0.2, 0.25) is 5.91 Å². The molecule has 0 aliphatic heterocycles. The Morgan fingerprint density at radius 3 is 2.46 bits per heavy atom. The summed E-state index contributed by atoms with van der Waals surface area (Å²) in [7, 11) is 0. The maximum atomic E-state index is 12.3. The second-order valence-corrected chi connectivity index (χ2v) is 6.95. The molecule has 1 aromatic carbocycles. The van der Waals surface area contributed by atoms with Crippen LogP contribution in [0.15, 0.2) is 64.6 Å². The summed E-state index contributed by atoms with van der Waals surface area (Å²) in [4.78, 5) is 37.0. The smallest absolute Gasteiger partial charge is 0.265 e. The molecule has 3 N–H and O–H groups in total. The van der Waals surface area contributed by atoms with Gasteiger partial charge in [0.1, 0.15) is 11.8 Å². The van der Waals surface area contributed by atoms with Gasteiger partial charge in [-0.05, 0) is 54.8 Å². The van der Waals surface area contributed by atoms with E-state index in [-0.39, 0.29) is 24.3 Å². The van der Waals surface area contributed by atoms with Crippen molar-refractivity contribution in [3.8, 4) is 0 Å². The molecule has 3 aromatic rings. The quantitative estimate of drug-likeness (QED) is 0.570. The molecule has 28 heavy (non-hydrogen) atoms. The van der Waals surface area contributed by atoms with Crippen LogP contribution in [0.2, 0.25) is 0 Å². The zero-order valence-corrected chi connectivity index (χ0v) is 15.9. The number of amides is 3. The number of anilines is 1. The molecule has 8 heteroatoms. The van der Waals surface area contributed by atoms with Crippen LogP contribution in [0.5, 0.6) is 0 Å². The molecule has 0 fully saturated rings. The standard InChI is InChI=1S/C20H19N3O4S/c1-13(18(24)21-12-16-4-2-10-27-16)22-19(25)14-6-8-15(9-7-14)23-20(26)17-5-3-11-28-17/h2-11,13H,12H2,1H3,(H,21,24)(H,22,25)(H,23,26). The normalized spacial score (nSPS) is 11.5. The Kier molecular flexibility index (Phi) is 6.23. The van der Waals surface area contributed by atoms with Gasteiger partial charge in [-0.3, -0.25) is 14.4 Å². The topological polar surface area (TPSA) is 100 Å². The number of hydrogen-bond acceptors (Lipinski definition) is 5. The van der Waals surface area contributed by atoms with Crippen LogP contribution in [0.25, 0.3) is 0 Å². The first-order valence-electron chi connectivity index (χ1n) is 8.59. The summed E-state index contributed by atoms with van der Waals surface area (Å²) in [6, 6.07) is 12.8. The number of benzene rings is 1. The van der Waals surface area contributed by atoms with Crippen molar-refractivity contribution in [3.05, 3.63) is 76.4 Å². The molecule has 144 valence electrons. The maximum Gasteiger partial charge on any atom is 0.265 e. The Bertz CT molecular complexity index is 935. The predicted octanol–water partition coefficient (Wildman–Crippen LogP) is 3.03. The molecule has 3 amide bonds. The van der Waals surface area contributed by atoms with E-state index >= 15 is 0 Å². The van der Waals surface area contributed by atoms with E-state index in [1.54, 1.807) is 55.5 Å². The van der Waals surface area contributed by atoms with Gasteiger partial charge in [-0.1, -0.05) is 6.07 Å². The second kappa shape index (κ2) is 9.01. The van der Waals surface area contributed by atoms with Crippen molar-refractivity contribution in [1.29, 1.82) is 0 Å². The van der Waals surface area contributed by atoms with Gasteiger partial charge in [-0.15, -0.1) is 11.3 Å². The van der Waals surface area contributed by atoms with Crippen molar-refractivity contribution in [2.45, 2.75) is 19.5 Å². The minimum atomic E-state index is -0.708. The first-order chi connectivity index (χ1) is 13.5. The van der Waals surface area contributed by atoms with Gasteiger partial charge in [0.15, 0.2) is 0 Å². The largest absolute Gasteiger partial charge is 0.467 e. The van der Waals surface area contributed by atoms with Crippen molar-refractivity contribution in [3.63, 3.8) is 0 Å². The summed E-state index contributed by atoms with van der Waals surface area (Å²) < 4.78 is 5.14. The molecule has 0 bridgehead atoms. The van der Waals surface area contributed by atoms with Crippen LogP contribution >= 0.6 is 11.3 Å². The van der Waals surface area contributed by atoms with Crippen LogP contribution in [-0.4, -0.2) is 23.8 Å². The van der Waals surface area contributed by atoms with E-state index in [0.29, 0.717) is 21.9 Å². The van der Waals surface area contributed by atoms with Gasteiger partial charge in [0, 0.05) is 11.3 Å². The van der Waals surface area contributed by atoms with E-state index in [1.807, 2.05) is 5.38 Å². The number of rotatable bonds is 7. The van der Waals surface area contributed by atoms with Crippen molar-refractivity contribution in [1.82, 2.24) is 10.6 Å². The van der Waals surface area contributed by atoms with E-state index in [0.717, 1.165) is 0 Å². The van der Waals surface area contributed by atoms with Crippen LogP contribution in [0.1, 0.15) is 32.7 Å². The summed E-state index contributed by atoms with van der Waals surface area (Å²) in [6.45, 7) is 1.86. The van der Waals surface area contributed by atoms with Gasteiger partial charge < -0.3 is 20.4 Å². The summed E-state index contributed by atoms with van der Waals surface area (Å²) in [5.41, 5.74) is 0.971. The SMILES string of the molecule is CC(NC(=O)c1ccc(NC(=O)c2cccs2)cc1)C(=O)NCc1ccco1. The van der Waals surface area contributed by atoms with Crippen molar-refractivity contribution < 1.29 is 18.8 Å². The van der Waals surface area contributed by atoms with Crippen molar-refractivity contribution >= 4 is 34.7 Å². The third kappa shape index (κ3) is 5.08. The zero-order valence-electron chi connectivity index (χ0n) is 15.1. The van der Waals surface area contributed by atoms with Gasteiger partial charge in [0.05, 0.1) is 17.7 Å². The zero-order chi connectivity index (χ0) is 19.9. The lowest BCUT2D eigenvalue weighted by atomic mass is 10.1. The lowest BCUT2D eigenvalue weighted by molar-refractivity contribution is -0.122. The summed E-state index contributed by atoms with van der Waals surface area (Å²) >= 11 is 1.35. The molecule has 0 saturated carbocycles. The number of nitrogens with one attached hydrogen (secondary N) is 3. The fraction of sp³-hybridized carbons (Fsp3) is 0.150. The van der Waals surface area contributed by atoms with Gasteiger partial charge in [0.25, 0.3) is 11.8 Å². The second-order valence-electron chi connectivity index (χ2n) is 6.00. The Morgan fingerprint density at radius 1 is 1.04 bits per heavy atom. The fourth-order valence-electron chi connectivity index (χ4n) is 2.39. The predicted molar refractivity (Wildman–Crippen MR) is 106 cm³/mol. The molecule has 2 aromatic heterocycles. The van der Waals surface area contributed by atoms with E-state index in [9.17, 15) is 14.4 Å². The highest BCUT2D eigenvalue weighted by atomic mass is 32.1. The molecule has 0 spiro atoms. The lowest BCUT2D eigenvalue weighted by Gasteiger charge is -2.14. The Balaban J connectivity index is 1.50. The van der Waals surface area contributed by atoms with Crippen LogP contribution in [0.4, 0.5) is 5.69 Å². The molecule has 0 saturated heterocycles. The van der Waals surface area contributed by atoms with Crippen LogP contribution in [-0.2, 0) is 11.3 Å². The highest BCUT2D eigenvalue weighted by Gasteiger charge is 2.17. The number of hydrogen-bond donors (Lipinski definition) is 3. The molecule has 0 aliphatic rings. The molecular formula is C20H19N3O4S. The third-order valence-electron chi connectivity index (χ3n) is 3.91. The highest BCUT2D eigenvalue weighted by Crippen LogP contribution is 2.14. The summed E-state index contributed by atoms with van der Waals surface area (Å²) in [5, 5.41) is 9.93. The van der Waals surface area contributed by atoms with Gasteiger partial charge >= 0.3 is 0 Å². The number of furan rings is 1. The highest BCUT2D eigenvalue weighted by molar-refractivity contribution is 7.12. The Morgan fingerprint density at radius 2 is 1.82 bits per heavy atom. The molecule has 1 unspecified atom stereocenters. The van der Waals surface area contributed by atoms with Crippen LogP contribution in [0.3, 0.4) is 0 Å². The minimum Gasteiger partial charge on any atom is -0.467 e. The maximum absolute atomic E-state index is 12.3. The average Bonchev–Trinajstić information content (AvgIpc) is 3.40. The van der Waals surface area contributed by atoms with E-state index in [1.165, 1.54) is 17.6 Å². The third-order valence-corrected chi connectivity index (χ3v) is 4.78. The monoisotopic (exact) mass is 397 g/mol. The van der Waals surface area contributed by atoms with Gasteiger partial charge in [-0.25, -0.2) is 0 Å². The van der Waals surface area contributed by atoms with E-state index in [2.05, 4.69) is 16.0 Å². The molecule has 1 atom stereocenters. The average molecular weight is 397 g/mol. The molecule has 0 aliphatic carbocycles. The Labute approximate surface area is 165 Å².